The van der Waals surface area contributed by atoms with Crippen molar-refractivity contribution in [2.24, 2.45) is 0 Å². The van der Waals surface area contributed by atoms with E-state index in [-0.39, 0.29) is 5.91 Å². The first-order chi connectivity index (χ1) is 16.2. The summed E-state index contributed by atoms with van der Waals surface area (Å²) in [7, 11) is 0. The van der Waals surface area contributed by atoms with Crippen LogP contribution in [0.5, 0.6) is 0 Å². The predicted molar refractivity (Wildman–Crippen MR) is 127 cm³/mol. The van der Waals surface area contributed by atoms with Gasteiger partial charge in [-0.05, 0) is 49.7 Å². The highest BCUT2D eigenvalue weighted by Gasteiger charge is 2.19. The Hall–Kier alpha value is -3.23. The zero-order chi connectivity index (χ0) is 22.6. The van der Waals surface area contributed by atoms with Gasteiger partial charge in [-0.2, -0.15) is 5.10 Å². The van der Waals surface area contributed by atoms with Crippen LogP contribution in [0.15, 0.2) is 54.7 Å². The lowest BCUT2D eigenvalue weighted by Crippen LogP contribution is -2.28. The number of carbonyl (C=O) groups is 1. The first-order valence-electron chi connectivity index (χ1n) is 11.3. The van der Waals surface area contributed by atoms with Gasteiger partial charge in [-0.25, -0.2) is 0 Å². The van der Waals surface area contributed by atoms with Crippen molar-refractivity contribution in [3.05, 3.63) is 76.7 Å². The van der Waals surface area contributed by atoms with Crippen LogP contribution in [0.4, 0.5) is 0 Å². The number of fused-ring (bicyclic) bond motifs is 1. The van der Waals surface area contributed by atoms with Crippen molar-refractivity contribution in [2.45, 2.75) is 31.8 Å². The van der Waals surface area contributed by atoms with E-state index in [2.05, 4.69) is 26.0 Å². The van der Waals surface area contributed by atoms with Crippen LogP contribution < -0.4 is 10.6 Å². The molecule has 1 saturated heterocycles. The normalized spacial score (nSPS) is 14.6. The van der Waals surface area contributed by atoms with Crippen molar-refractivity contribution in [2.75, 3.05) is 19.6 Å². The molecule has 0 spiro atoms. The standard InChI is InChI=1S/C24H26ClN7O/c25-19-7-5-17(6-8-19)15-32-22-4-2-1-3-20(22)23(29-32)24(33)27-13-14-31-16-21(28-30-31)18-9-11-26-12-10-18/h1-8,16,18,26H,9-15H2,(H,27,33). The lowest BCUT2D eigenvalue weighted by Gasteiger charge is -2.20. The van der Waals surface area contributed by atoms with E-state index in [9.17, 15) is 4.79 Å². The molecule has 4 aromatic rings. The molecule has 2 aromatic carbocycles. The molecule has 0 bridgehead atoms. The Kier molecular flexibility index (Phi) is 6.37. The number of para-hydroxylation sites is 1. The monoisotopic (exact) mass is 463 g/mol. The molecule has 2 N–H and O–H groups in total. The Balaban J connectivity index is 1.25. The number of hydrogen-bond donors (Lipinski definition) is 2. The van der Waals surface area contributed by atoms with Crippen molar-refractivity contribution >= 4 is 28.4 Å². The van der Waals surface area contributed by atoms with Gasteiger partial charge >= 0.3 is 0 Å². The molecule has 8 nitrogen and oxygen atoms in total. The second kappa shape index (κ2) is 9.72. The molecule has 0 radical (unpaired) electrons. The summed E-state index contributed by atoms with van der Waals surface area (Å²) in [6.07, 6.45) is 4.17. The SMILES string of the molecule is O=C(NCCn1cc(C2CCNCC2)nn1)c1nn(Cc2ccc(Cl)cc2)c2ccccc12. The van der Waals surface area contributed by atoms with Crippen LogP contribution in [0.25, 0.3) is 10.9 Å². The molecule has 0 unspecified atom stereocenters. The minimum atomic E-state index is -0.195. The zero-order valence-electron chi connectivity index (χ0n) is 18.2. The summed E-state index contributed by atoms with van der Waals surface area (Å²) in [4.78, 5) is 13.0. The van der Waals surface area contributed by atoms with Gasteiger partial charge in [0.2, 0.25) is 0 Å². The lowest BCUT2D eigenvalue weighted by atomic mass is 9.95. The smallest absolute Gasteiger partial charge is 0.272 e. The third kappa shape index (κ3) is 4.91. The van der Waals surface area contributed by atoms with Crippen molar-refractivity contribution in [3.8, 4) is 0 Å². The maximum atomic E-state index is 13.0. The molecular weight excluding hydrogens is 438 g/mol. The van der Waals surface area contributed by atoms with Crippen LogP contribution in [0.1, 0.15) is 40.5 Å². The number of carbonyl (C=O) groups excluding carboxylic acids is 1. The third-order valence-corrected chi connectivity index (χ3v) is 6.31. The quantitative estimate of drug-likeness (QED) is 0.439. The molecule has 1 amide bonds. The number of halogens is 1. The molecule has 1 aliphatic heterocycles. The topological polar surface area (TPSA) is 89.7 Å². The average Bonchev–Trinajstić information content (AvgIpc) is 3.47. The van der Waals surface area contributed by atoms with E-state index in [1.165, 1.54) is 0 Å². The molecule has 170 valence electrons. The number of nitrogens with one attached hydrogen (secondary N) is 2. The summed E-state index contributed by atoms with van der Waals surface area (Å²) in [6, 6.07) is 15.4. The van der Waals surface area contributed by atoms with Gasteiger partial charge in [0.1, 0.15) is 0 Å². The summed E-state index contributed by atoms with van der Waals surface area (Å²) < 4.78 is 3.66. The fourth-order valence-corrected chi connectivity index (χ4v) is 4.40. The lowest BCUT2D eigenvalue weighted by molar-refractivity contribution is 0.0947. The van der Waals surface area contributed by atoms with Crippen molar-refractivity contribution in [1.82, 2.24) is 35.4 Å². The first kappa shape index (κ1) is 21.6. The number of rotatable bonds is 7. The third-order valence-electron chi connectivity index (χ3n) is 6.06. The maximum absolute atomic E-state index is 13.0. The van der Waals surface area contributed by atoms with Gasteiger partial charge in [-0.1, -0.05) is 47.1 Å². The summed E-state index contributed by atoms with van der Waals surface area (Å²) in [5.41, 5.74) is 3.44. The summed E-state index contributed by atoms with van der Waals surface area (Å²) in [5.74, 6) is 0.269. The molecule has 0 aliphatic carbocycles. The summed E-state index contributed by atoms with van der Waals surface area (Å²) >= 11 is 6.00. The van der Waals surface area contributed by atoms with E-state index >= 15 is 0 Å². The second-order valence-corrected chi connectivity index (χ2v) is 8.77. The van der Waals surface area contributed by atoms with E-state index < -0.39 is 0 Å². The molecule has 9 heteroatoms. The number of hydrogen-bond acceptors (Lipinski definition) is 5. The maximum Gasteiger partial charge on any atom is 0.272 e. The van der Waals surface area contributed by atoms with Crippen molar-refractivity contribution < 1.29 is 4.79 Å². The Labute approximate surface area is 196 Å². The highest BCUT2D eigenvalue weighted by atomic mass is 35.5. The molecule has 3 heterocycles. The van der Waals surface area contributed by atoms with Gasteiger partial charge in [0.05, 0.1) is 24.3 Å². The Morgan fingerprint density at radius 1 is 1.12 bits per heavy atom. The number of benzene rings is 2. The first-order valence-corrected chi connectivity index (χ1v) is 11.6. The Morgan fingerprint density at radius 2 is 1.91 bits per heavy atom. The Bertz CT molecular complexity index is 1240. The fourth-order valence-electron chi connectivity index (χ4n) is 4.27. The minimum absolute atomic E-state index is 0.195. The predicted octanol–water partition coefficient (Wildman–Crippen LogP) is 3.23. The van der Waals surface area contributed by atoms with Crippen LogP contribution in [0.2, 0.25) is 5.02 Å². The second-order valence-electron chi connectivity index (χ2n) is 8.34. The minimum Gasteiger partial charge on any atom is -0.349 e. The molecule has 0 atom stereocenters. The van der Waals surface area contributed by atoms with Crippen molar-refractivity contribution in [3.63, 3.8) is 0 Å². The van der Waals surface area contributed by atoms with E-state index in [0.717, 1.165) is 48.1 Å². The number of piperidine rings is 1. The summed E-state index contributed by atoms with van der Waals surface area (Å²) in [6.45, 7) is 3.61. The molecule has 1 fully saturated rings. The van der Waals surface area contributed by atoms with E-state index in [1.54, 1.807) is 4.68 Å². The summed E-state index contributed by atoms with van der Waals surface area (Å²) in [5, 5.41) is 21.1. The fraction of sp³-hybridized carbons (Fsp3) is 0.333. The largest absolute Gasteiger partial charge is 0.349 e. The molecular formula is C24H26ClN7O. The van der Waals surface area contributed by atoms with Gasteiger partial charge < -0.3 is 10.6 Å². The molecule has 1 aliphatic rings. The van der Waals surface area contributed by atoms with E-state index in [4.69, 9.17) is 11.6 Å². The van der Waals surface area contributed by atoms with Crippen LogP contribution in [0.3, 0.4) is 0 Å². The van der Waals surface area contributed by atoms with Gasteiger partial charge in [-0.15, -0.1) is 5.10 Å². The zero-order valence-corrected chi connectivity index (χ0v) is 19.0. The highest BCUT2D eigenvalue weighted by molar-refractivity contribution is 6.30. The molecule has 0 saturated carbocycles. The average molecular weight is 464 g/mol. The number of aromatic nitrogens is 5. The van der Waals surface area contributed by atoms with Gasteiger partial charge in [-0.3, -0.25) is 14.2 Å². The van der Waals surface area contributed by atoms with Crippen LogP contribution in [-0.4, -0.2) is 50.3 Å². The molecule has 5 rings (SSSR count). The number of nitrogens with zero attached hydrogens (tertiary/aromatic N) is 5. The van der Waals surface area contributed by atoms with E-state index in [0.29, 0.717) is 36.3 Å². The number of amides is 1. The molecule has 33 heavy (non-hydrogen) atoms. The van der Waals surface area contributed by atoms with Crippen LogP contribution in [0, 0.1) is 0 Å². The van der Waals surface area contributed by atoms with Crippen LogP contribution in [-0.2, 0) is 13.1 Å². The highest BCUT2D eigenvalue weighted by Crippen LogP contribution is 2.23. The molecule has 2 aromatic heterocycles. The Morgan fingerprint density at radius 3 is 2.73 bits per heavy atom. The van der Waals surface area contributed by atoms with E-state index in [1.807, 2.05) is 59.4 Å². The van der Waals surface area contributed by atoms with Crippen molar-refractivity contribution in [1.29, 1.82) is 0 Å². The van der Waals surface area contributed by atoms with Crippen LogP contribution >= 0.6 is 11.6 Å². The van der Waals surface area contributed by atoms with Gasteiger partial charge in [0, 0.05) is 29.1 Å². The van der Waals surface area contributed by atoms with Gasteiger partial charge in [0.15, 0.2) is 5.69 Å². The van der Waals surface area contributed by atoms with Gasteiger partial charge in [0.25, 0.3) is 5.91 Å².